The molecule has 1 heterocycles. The first-order valence-electron chi connectivity index (χ1n) is 2.98. The summed E-state index contributed by atoms with van der Waals surface area (Å²) >= 11 is 0. The van der Waals surface area contributed by atoms with Crippen molar-refractivity contribution < 1.29 is 0 Å². The molecular formula is C5H13N3. The van der Waals surface area contributed by atoms with Crippen molar-refractivity contribution in [3.05, 3.63) is 0 Å². The first-order valence-corrected chi connectivity index (χ1v) is 2.98. The van der Waals surface area contributed by atoms with Gasteiger partial charge in [-0.25, -0.2) is 5.01 Å². The number of hydrogen-bond donors (Lipinski definition) is 2. The molecule has 0 aromatic rings. The van der Waals surface area contributed by atoms with E-state index in [1.807, 2.05) is 5.01 Å². The first kappa shape index (κ1) is 6.01. The molecule has 0 aromatic heterocycles. The lowest BCUT2D eigenvalue weighted by Crippen LogP contribution is -2.41. The minimum absolute atomic E-state index is 0.352. The average molecular weight is 115 g/mol. The maximum atomic E-state index is 5.59. The van der Waals surface area contributed by atoms with Crippen molar-refractivity contribution >= 4 is 0 Å². The molecule has 8 heavy (non-hydrogen) atoms. The summed E-state index contributed by atoms with van der Waals surface area (Å²) in [5.41, 5.74) is 0. The van der Waals surface area contributed by atoms with Crippen LogP contribution in [0.25, 0.3) is 0 Å². The molecule has 1 aliphatic heterocycles. The van der Waals surface area contributed by atoms with Gasteiger partial charge in [0.05, 0.1) is 6.17 Å². The van der Waals surface area contributed by atoms with Gasteiger partial charge >= 0.3 is 0 Å². The van der Waals surface area contributed by atoms with Crippen LogP contribution in [0.1, 0.15) is 13.8 Å². The van der Waals surface area contributed by atoms with Crippen molar-refractivity contribution in [2.75, 3.05) is 6.54 Å². The van der Waals surface area contributed by atoms with Gasteiger partial charge in [0.15, 0.2) is 0 Å². The minimum Gasteiger partial charge on any atom is -0.299 e. The van der Waals surface area contributed by atoms with E-state index in [9.17, 15) is 0 Å². The first-order chi connectivity index (χ1) is 3.72. The van der Waals surface area contributed by atoms with Crippen LogP contribution in [0.2, 0.25) is 0 Å². The fraction of sp³-hybridized carbons (Fsp3) is 1.00. The van der Waals surface area contributed by atoms with Crippen LogP contribution < -0.4 is 11.2 Å². The molecule has 1 rings (SSSR count). The van der Waals surface area contributed by atoms with Crippen LogP contribution in [-0.2, 0) is 0 Å². The Labute approximate surface area is 49.8 Å². The Hall–Kier alpha value is -0.120. The van der Waals surface area contributed by atoms with Crippen LogP contribution in [0.5, 0.6) is 0 Å². The van der Waals surface area contributed by atoms with Crippen molar-refractivity contribution in [1.82, 2.24) is 10.3 Å². The number of hydrogen-bond acceptors (Lipinski definition) is 3. The number of rotatable bonds is 0. The van der Waals surface area contributed by atoms with Crippen LogP contribution in [0.4, 0.5) is 0 Å². The van der Waals surface area contributed by atoms with Gasteiger partial charge in [-0.15, -0.1) is 0 Å². The molecule has 0 spiro atoms. The van der Waals surface area contributed by atoms with E-state index >= 15 is 0 Å². The molecule has 0 aliphatic carbocycles. The summed E-state index contributed by atoms with van der Waals surface area (Å²) in [6.45, 7) is 5.18. The highest BCUT2D eigenvalue weighted by atomic mass is 15.5. The Morgan fingerprint density at radius 2 is 2.25 bits per heavy atom. The van der Waals surface area contributed by atoms with Crippen molar-refractivity contribution in [1.29, 1.82) is 0 Å². The lowest BCUT2D eigenvalue weighted by atomic mass is 10.4. The van der Waals surface area contributed by atoms with Crippen LogP contribution in [0.15, 0.2) is 0 Å². The molecule has 3 heteroatoms. The van der Waals surface area contributed by atoms with E-state index in [4.69, 9.17) is 5.84 Å². The minimum atomic E-state index is 0.352. The monoisotopic (exact) mass is 115 g/mol. The molecule has 1 fully saturated rings. The van der Waals surface area contributed by atoms with Crippen LogP contribution >= 0.6 is 0 Å². The molecular weight excluding hydrogens is 102 g/mol. The Morgan fingerprint density at radius 3 is 2.38 bits per heavy atom. The van der Waals surface area contributed by atoms with Gasteiger partial charge in [0.1, 0.15) is 0 Å². The Balaban J connectivity index is 2.44. The van der Waals surface area contributed by atoms with E-state index in [0.717, 1.165) is 6.54 Å². The normalized spacial score (nSPS) is 40.9. The maximum absolute atomic E-state index is 5.59. The Kier molecular flexibility index (Phi) is 1.51. The van der Waals surface area contributed by atoms with Crippen molar-refractivity contribution in [3.63, 3.8) is 0 Å². The second-order valence-electron chi connectivity index (χ2n) is 2.38. The summed E-state index contributed by atoms with van der Waals surface area (Å²) in [5, 5.41) is 5.05. The largest absolute Gasteiger partial charge is 0.299 e. The van der Waals surface area contributed by atoms with E-state index in [2.05, 4.69) is 19.2 Å². The van der Waals surface area contributed by atoms with Crippen molar-refractivity contribution in [2.24, 2.45) is 5.84 Å². The highest BCUT2D eigenvalue weighted by Gasteiger charge is 2.22. The molecule has 2 unspecified atom stereocenters. The molecule has 0 bridgehead atoms. The number of hydrazine groups is 1. The third kappa shape index (κ3) is 0.844. The summed E-state index contributed by atoms with van der Waals surface area (Å²) in [7, 11) is 0. The number of nitrogens with zero attached hydrogens (tertiary/aromatic N) is 1. The van der Waals surface area contributed by atoms with Gasteiger partial charge < -0.3 is 0 Å². The predicted octanol–water partition coefficient (Wildman–Crippen LogP) is -0.500. The van der Waals surface area contributed by atoms with Gasteiger partial charge in [-0.1, -0.05) is 0 Å². The van der Waals surface area contributed by atoms with Gasteiger partial charge in [-0.2, -0.15) is 0 Å². The van der Waals surface area contributed by atoms with Crippen LogP contribution in [0, 0.1) is 0 Å². The summed E-state index contributed by atoms with van der Waals surface area (Å²) in [5.74, 6) is 5.59. The number of nitrogens with two attached hydrogens (primary N) is 1. The summed E-state index contributed by atoms with van der Waals surface area (Å²) < 4.78 is 0. The van der Waals surface area contributed by atoms with Gasteiger partial charge in [0, 0.05) is 12.6 Å². The molecule has 1 saturated heterocycles. The summed E-state index contributed by atoms with van der Waals surface area (Å²) in [4.78, 5) is 0. The fourth-order valence-corrected chi connectivity index (χ4v) is 0.934. The zero-order valence-electron chi connectivity index (χ0n) is 5.39. The molecule has 3 N–H and O–H groups in total. The molecule has 0 saturated carbocycles. The smallest absolute Gasteiger partial charge is 0.0705 e. The van der Waals surface area contributed by atoms with Gasteiger partial charge in [-0.05, 0) is 13.8 Å². The molecule has 0 amide bonds. The standard InChI is InChI=1S/C5H13N3/c1-4-3-7-5(2)8(4)6/h4-5,7H,3,6H2,1-2H3. The Bertz CT molecular complexity index is 73.7. The molecule has 0 radical (unpaired) electrons. The summed E-state index contributed by atoms with van der Waals surface area (Å²) in [6, 6.07) is 0.491. The lowest BCUT2D eigenvalue weighted by molar-refractivity contribution is 0.216. The molecule has 0 aromatic carbocycles. The highest BCUT2D eigenvalue weighted by Crippen LogP contribution is 2.02. The second kappa shape index (κ2) is 2.01. The topological polar surface area (TPSA) is 41.3 Å². The molecule has 2 atom stereocenters. The fourth-order valence-electron chi connectivity index (χ4n) is 0.934. The van der Waals surface area contributed by atoms with Crippen LogP contribution in [0.3, 0.4) is 0 Å². The van der Waals surface area contributed by atoms with Crippen LogP contribution in [-0.4, -0.2) is 23.8 Å². The van der Waals surface area contributed by atoms with E-state index in [-0.39, 0.29) is 0 Å². The van der Waals surface area contributed by atoms with E-state index in [1.54, 1.807) is 0 Å². The summed E-state index contributed by atoms with van der Waals surface area (Å²) in [6.07, 6.45) is 0.352. The quantitative estimate of drug-likeness (QED) is 0.418. The van der Waals surface area contributed by atoms with Gasteiger partial charge in [-0.3, -0.25) is 11.2 Å². The zero-order valence-corrected chi connectivity index (χ0v) is 5.39. The van der Waals surface area contributed by atoms with Gasteiger partial charge in [0.25, 0.3) is 0 Å². The maximum Gasteiger partial charge on any atom is 0.0705 e. The average Bonchev–Trinajstić information content (AvgIpc) is 1.98. The van der Waals surface area contributed by atoms with Crippen molar-refractivity contribution in [2.45, 2.75) is 26.1 Å². The van der Waals surface area contributed by atoms with E-state index < -0.39 is 0 Å². The third-order valence-corrected chi connectivity index (χ3v) is 1.66. The number of nitrogens with one attached hydrogen (secondary N) is 1. The molecule has 1 aliphatic rings. The Morgan fingerprint density at radius 1 is 1.62 bits per heavy atom. The lowest BCUT2D eigenvalue weighted by Gasteiger charge is -2.17. The van der Waals surface area contributed by atoms with E-state index in [0.29, 0.717) is 12.2 Å². The van der Waals surface area contributed by atoms with E-state index in [1.165, 1.54) is 0 Å². The predicted molar refractivity (Wildman–Crippen MR) is 33.0 cm³/mol. The second-order valence-corrected chi connectivity index (χ2v) is 2.38. The highest BCUT2D eigenvalue weighted by molar-refractivity contribution is 4.76. The van der Waals surface area contributed by atoms with Gasteiger partial charge in [0.2, 0.25) is 0 Å². The molecule has 3 nitrogen and oxygen atoms in total. The SMILES string of the molecule is CC1CNC(C)N1N. The zero-order chi connectivity index (χ0) is 6.15. The van der Waals surface area contributed by atoms with Crippen molar-refractivity contribution in [3.8, 4) is 0 Å². The third-order valence-electron chi connectivity index (χ3n) is 1.66. The molecule has 48 valence electrons.